The van der Waals surface area contributed by atoms with Crippen LogP contribution in [-0.2, 0) is 9.53 Å². The van der Waals surface area contributed by atoms with Crippen molar-refractivity contribution in [2.45, 2.75) is 0 Å². The zero-order valence-corrected chi connectivity index (χ0v) is 4.52. The van der Waals surface area contributed by atoms with Gasteiger partial charge in [-0.1, -0.05) is 0 Å². The van der Waals surface area contributed by atoms with Gasteiger partial charge in [-0.05, 0) is 0 Å². The van der Waals surface area contributed by atoms with Crippen LogP contribution in [0.3, 0.4) is 0 Å². The number of methoxy groups -OCH3 is 1. The Bertz CT molecular complexity index is 62.7. The van der Waals surface area contributed by atoms with Crippen LogP contribution in [0.2, 0.25) is 0 Å². The normalized spacial score (nSPS) is 8.29. The molecule has 0 saturated carbocycles. The number of nitrogens with one attached hydrogen (secondary N) is 1. The molecule has 0 aliphatic carbocycles. The largest absolute Gasteiger partial charge is 0.375 e. The van der Waals surface area contributed by atoms with Crippen molar-refractivity contribution in [3.05, 3.63) is 0 Å². The van der Waals surface area contributed by atoms with Gasteiger partial charge in [-0.3, -0.25) is 4.79 Å². The standard InChI is InChI=1S/C4H9NO2/c1-5-4(6)3-7-2/h3H2,1-2H3,(H,5,6). The Morgan fingerprint density at radius 3 is 2.57 bits per heavy atom. The monoisotopic (exact) mass is 103 g/mol. The summed E-state index contributed by atoms with van der Waals surface area (Å²) in [6.07, 6.45) is 0. The molecule has 42 valence electrons. The molecule has 0 rings (SSSR count). The molecule has 0 atom stereocenters. The third-order valence-electron chi connectivity index (χ3n) is 0.554. The quantitative estimate of drug-likeness (QED) is 0.505. The number of ether oxygens (including phenoxy) is 1. The van der Waals surface area contributed by atoms with E-state index in [1.807, 2.05) is 0 Å². The van der Waals surface area contributed by atoms with E-state index >= 15 is 0 Å². The first-order valence-corrected chi connectivity index (χ1v) is 2.00. The highest BCUT2D eigenvalue weighted by Crippen LogP contribution is 1.62. The van der Waals surface area contributed by atoms with Crippen LogP contribution in [0.1, 0.15) is 0 Å². The number of rotatable bonds is 2. The fourth-order valence-electron chi connectivity index (χ4n) is 0.203. The van der Waals surface area contributed by atoms with E-state index in [4.69, 9.17) is 0 Å². The maximum Gasteiger partial charge on any atom is 0.245 e. The first kappa shape index (κ1) is 6.43. The lowest BCUT2D eigenvalue weighted by Crippen LogP contribution is -2.22. The lowest BCUT2D eigenvalue weighted by molar-refractivity contribution is -0.124. The van der Waals surface area contributed by atoms with Crippen molar-refractivity contribution < 1.29 is 9.53 Å². The second-order valence-corrected chi connectivity index (χ2v) is 1.11. The minimum absolute atomic E-state index is 0.0949. The molecule has 0 saturated heterocycles. The van der Waals surface area contributed by atoms with Crippen LogP contribution in [0.4, 0.5) is 0 Å². The van der Waals surface area contributed by atoms with Gasteiger partial charge in [0.2, 0.25) is 5.91 Å². The highest BCUT2D eigenvalue weighted by atomic mass is 16.5. The van der Waals surface area contributed by atoms with Crippen LogP contribution in [0.15, 0.2) is 0 Å². The molecule has 0 aromatic carbocycles. The molecule has 7 heavy (non-hydrogen) atoms. The summed E-state index contributed by atoms with van der Waals surface area (Å²) in [6, 6.07) is 0. The molecule has 0 heterocycles. The van der Waals surface area contributed by atoms with Crippen molar-refractivity contribution >= 4 is 5.91 Å². The van der Waals surface area contributed by atoms with E-state index in [1.165, 1.54) is 7.11 Å². The van der Waals surface area contributed by atoms with Gasteiger partial charge in [0.05, 0.1) is 0 Å². The smallest absolute Gasteiger partial charge is 0.245 e. The molecule has 0 fully saturated rings. The van der Waals surface area contributed by atoms with E-state index < -0.39 is 0 Å². The summed E-state index contributed by atoms with van der Waals surface area (Å²) in [5, 5.41) is 2.40. The van der Waals surface area contributed by atoms with Crippen molar-refractivity contribution in [3.8, 4) is 0 Å². The van der Waals surface area contributed by atoms with Crippen LogP contribution in [0, 0.1) is 0 Å². The molecule has 1 N–H and O–H groups in total. The summed E-state index contributed by atoms with van der Waals surface area (Å²) < 4.78 is 4.48. The molecule has 3 nitrogen and oxygen atoms in total. The van der Waals surface area contributed by atoms with Gasteiger partial charge in [0.1, 0.15) is 6.61 Å². The number of hydrogen-bond donors (Lipinski definition) is 1. The zero-order valence-electron chi connectivity index (χ0n) is 4.52. The number of amides is 1. The number of likely N-dealkylation sites (N-methyl/N-ethyl adjacent to an activating group) is 1. The predicted octanol–water partition coefficient (Wildman–Crippen LogP) is -0.621. The molecule has 0 aliphatic rings. The third kappa shape index (κ3) is 3.26. The maximum atomic E-state index is 10.2. The minimum atomic E-state index is -0.0949. The van der Waals surface area contributed by atoms with E-state index in [2.05, 4.69) is 10.1 Å². The van der Waals surface area contributed by atoms with Crippen molar-refractivity contribution in [3.63, 3.8) is 0 Å². The topological polar surface area (TPSA) is 38.3 Å². The maximum absolute atomic E-state index is 10.2. The summed E-state index contributed by atoms with van der Waals surface area (Å²) in [5.41, 5.74) is 0. The average molecular weight is 103 g/mol. The molecule has 0 aromatic heterocycles. The molecular formula is C4H9NO2. The molecule has 0 radical (unpaired) electrons. The number of carbonyl (C=O) groups is 1. The van der Waals surface area contributed by atoms with Gasteiger partial charge in [0.15, 0.2) is 0 Å². The minimum Gasteiger partial charge on any atom is -0.375 e. The fourth-order valence-corrected chi connectivity index (χ4v) is 0.203. The highest BCUT2D eigenvalue weighted by Gasteiger charge is 1.90. The van der Waals surface area contributed by atoms with E-state index in [-0.39, 0.29) is 12.5 Å². The van der Waals surface area contributed by atoms with Gasteiger partial charge in [-0.2, -0.15) is 0 Å². The SMILES string of the molecule is CNC(=O)COC. The van der Waals surface area contributed by atoms with E-state index in [1.54, 1.807) is 7.05 Å². The van der Waals surface area contributed by atoms with Crippen LogP contribution in [0.5, 0.6) is 0 Å². The second kappa shape index (κ2) is 3.61. The summed E-state index contributed by atoms with van der Waals surface area (Å²) in [5.74, 6) is -0.0949. The summed E-state index contributed by atoms with van der Waals surface area (Å²) in [7, 11) is 3.05. The molecule has 1 amide bonds. The number of carbonyl (C=O) groups excluding carboxylic acids is 1. The molecule has 0 spiro atoms. The number of hydrogen-bond acceptors (Lipinski definition) is 2. The first-order valence-electron chi connectivity index (χ1n) is 2.00. The third-order valence-corrected chi connectivity index (χ3v) is 0.554. The van der Waals surface area contributed by atoms with E-state index in [0.717, 1.165) is 0 Å². The summed E-state index contributed by atoms with van der Waals surface area (Å²) in [4.78, 5) is 10.2. The first-order chi connectivity index (χ1) is 3.31. The molecular weight excluding hydrogens is 94.0 g/mol. The highest BCUT2D eigenvalue weighted by molar-refractivity contribution is 5.76. The Morgan fingerprint density at radius 1 is 1.86 bits per heavy atom. The molecule has 0 bridgehead atoms. The van der Waals surface area contributed by atoms with Crippen molar-refractivity contribution in [1.82, 2.24) is 5.32 Å². The Labute approximate surface area is 42.7 Å². The van der Waals surface area contributed by atoms with Crippen LogP contribution in [0.25, 0.3) is 0 Å². The fraction of sp³-hybridized carbons (Fsp3) is 0.750. The van der Waals surface area contributed by atoms with E-state index in [9.17, 15) is 4.79 Å². The van der Waals surface area contributed by atoms with E-state index in [0.29, 0.717) is 0 Å². The molecule has 0 unspecified atom stereocenters. The van der Waals surface area contributed by atoms with Gasteiger partial charge in [-0.15, -0.1) is 0 Å². The molecule has 0 aliphatic heterocycles. The van der Waals surface area contributed by atoms with Crippen LogP contribution >= 0.6 is 0 Å². The van der Waals surface area contributed by atoms with Gasteiger partial charge >= 0.3 is 0 Å². The van der Waals surface area contributed by atoms with Gasteiger partial charge < -0.3 is 10.1 Å². The van der Waals surface area contributed by atoms with Crippen LogP contribution < -0.4 is 5.32 Å². The Hall–Kier alpha value is -0.570. The molecule has 0 aromatic rings. The summed E-state index contributed by atoms with van der Waals surface area (Å²) in [6.45, 7) is 0.149. The average Bonchev–Trinajstić information content (AvgIpc) is 1.68. The Morgan fingerprint density at radius 2 is 2.43 bits per heavy atom. The Balaban J connectivity index is 3.00. The Kier molecular flexibility index (Phi) is 3.32. The molecule has 3 heteroatoms. The van der Waals surface area contributed by atoms with Crippen molar-refractivity contribution in [2.24, 2.45) is 0 Å². The summed E-state index contributed by atoms with van der Waals surface area (Å²) >= 11 is 0. The lowest BCUT2D eigenvalue weighted by Gasteiger charge is -1.92. The van der Waals surface area contributed by atoms with Crippen LogP contribution in [-0.4, -0.2) is 26.7 Å². The van der Waals surface area contributed by atoms with Gasteiger partial charge in [0.25, 0.3) is 0 Å². The lowest BCUT2D eigenvalue weighted by atomic mass is 10.7. The van der Waals surface area contributed by atoms with Crippen molar-refractivity contribution in [1.29, 1.82) is 0 Å². The zero-order chi connectivity index (χ0) is 5.70. The second-order valence-electron chi connectivity index (χ2n) is 1.11. The van der Waals surface area contributed by atoms with Gasteiger partial charge in [0, 0.05) is 14.2 Å². The predicted molar refractivity (Wildman–Crippen MR) is 25.9 cm³/mol. The van der Waals surface area contributed by atoms with Gasteiger partial charge in [-0.25, -0.2) is 0 Å². The van der Waals surface area contributed by atoms with Crippen molar-refractivity contribution in [2.75, 3.05) is 20.8 Å².